The van der Waals surface area contributed by atoms with Crippen LogP contribution in [0.3, 0.4) is 0 Å². The highest BCUT2D eigenvalue weighted by Crippen LogP contribution is 2.44. The zero-order valence-electron chi connectivity index (χ0n) is 13.5. The first kappa shape index (κ1) is 16.1. The first-order valence-corrected chi connectivity index (χ1v) is 7.60. The van der Waals surface area contributed by atoms with E-state index in [2.05, 4.69) is 17.0 Å². The van der Waals surface area contributed by atoms with E-state index in [-0.39, 0.29) is 30.0 Å². The van der Waals surface area contributed by atoms with Crippen molar-refractivity contribution in [3.05, 3.63) is 0 Å². The fraction of sp³-hybridized carbons (Fsp3) is 0.867. The maximum atomic E-state index is 12.8. The van der Waals surface area contributed by atoms with Crippen molar-refractivity contribution >= 4 is 12.0 Å². The van der Waals surface area contributed by atoms with Crippen molar-refractivity contribution < 1.29 is 19.1 Å². The van der Waals surface area contributed by atoms with E-state index in [0.717, 1.165) is 12.8 Å². The highest BCUT2D eigenvalue weighted by atomic mass is 16.5. The van der Waals surface area contributed by atoms with Gasteiger partial charge in [-0.15, -0.1) is 0 Å². The zero-order chi connectivity index (χ0) is 15.7. The molecule has 1 aliphatic heterocycles. The number of ether oxygens (including phenoxy) is 2. The second-order valence-electron chi connectivity index (χ2n) is 6.41. The molecule has 21 heavy (non-hydrogen) atoms. The van der Waals surface area contributed by atoms with Gasteiger partial charge in [0.2, 0.25) is 5.91 Å². The van der Waals surface area contributed by atoms with Crippen LogP contribution in [0.1, 0.15) is 33.6 Å². The van der Waals surface area contributed by atoms with E-state index in [4.69, 9.17) is 4.74 Å². The highest BCUT2D eigenvalue weighted by molar-refractivity contribution is 5.86. The molecule has 2 fully saturated rings. The molecular formula is C15H26N2O4. The summed E-state index contributed by atoms with van der Waals surface area (Å²) in [5.41, 5.74) is 0. The maximum absolute atomic E-state index is 12.8. The Morgan fingerprint density at radius 3 is 2.38 bits per heavy atom. The predicted octanol–water partition coefficient (Wildman–Crippen LogP) is 1.39. The summed E-state index contributed by atoms with van der Waals surface area (Å²) in [6.45, 7) is 5.92. The van der Waals surface area contributed by atoms with Gasteiger partial charge in [-0.3, -0.25) is 4.79 Å². The van der Waals surface area contributed by atoms with Crippen molar-refractivity contribution in [1.29, 1.82) is 0 Å². The molecule has 1 saturated heterocycles. The van der Waals surface area contributed by atoms with Crippen LogP contribution in [0, 0.1) is 11.8 Å². The Balaban J connectivity index is 2.10. The number of carbonyl (C=O) groups is 2. The molecule has 0 aromatic carbocycles. The molecule has 1 heterocycles. The number of methoxy groups -OCH3 is 2. The van der Waals surface area contributed by atoms with Gasteiger partial charge in [0.25, 0.3) is 0 Å². The van der Waals surface area contributed by atoms with Crippen molar-refractivity contribution in [2.24, 2.45) is 11.8 Å². The summed E-state index contributed by atoms with van der Waals surface area (Å²) in [5, 5.41) is 2.66. The predicted molar refractivity (Wildman–Crippen MR) is 77.8 cm³/mol. The topological polar surface area (TPSA) is 67.9 Å². The lowest BCUT2D eigenvalue weighted by Crippen LogP contribution is -2.56. The number of rotatable bonds is 4. The van der Waals surface area contributed by atoms with E-state index in [1.54, 1.807) is 7.11 Å². The smallest absolute Gasteiger partial charge is 0.407 e. The summed E-state index contributed by atoms with van der Waals surface area (Å²) in [6.07, 6.45) is 1.57. The van der Waals surface area contributed by atoms with Gasteiger partial charge in [0.15, 0.2) is 0 Å². The quantitative estimate of drug-likeness (QED) is 0.851. The number of carbonyl (C=O) groups excluding carboxylic acids is 2. The lowest BCUT2D eigenvalue weighted by molar-refractivity contribution is -0.140. The average Bonchev–Trinajstić information content (AvgIpc) is 3.00. The van der Waals surface area contributed by atoms with Crippen LogP contribution in [-0.4, -0.2) is 55.3 Å². The highest BCUT2D eigenvalue weighted by Gasteiger charge is 2.52. The Bertz CT molecular complexity index is 408. The number of alkyl carbamates (subject to hydrolysis) is 1. The number of nitrogens with one attached hydrogen (secondary N) is 1. The molecule has 2 rings (SSSR count). The van der Waals surface area contributed by atoms with Gasteiger partial charge in [-0.05, 0) is 25.7 Å². The summed E-state index contributed by atoms with van der Waals surface area (Å²) in [6, 6.07) is -0.162. The van der Waals surface area contributed by atoms with Gasteiger partial charge in [-0.25, -0.2) is 4.79 Å². The molecule has 1 aliphatic carbocycles. The summed E-state index contributed by atoms with van der Waals surface area (Å²) < 4.78 is 10.1. The Kier molecular flexibility index (Phi) is 4.76. The third-order valence-corrected chi connectivity index (χ3v) is 4.93. The molecule has 120 valence electrons. The van der Waals surface area contributed by atoms with Gasteiger partial charge in [0.1, 0.15) is 6.04 Å². The van der Waals surface area contributed by atoms with E-state index < -0.39 is 12.1 Å². The first-order valence-electron chi connectivity index (χ1n) is 7.60. The second kappa shape index (κ2) is 6.22. The molecule has 0 aromatic rings. The lowest BCUT2D eigenvalue weighted by Gasteiger charge is -2.39. The Morgan fingerprint density at radius 1 is 1.24 bits per heavy atom. The lowest BCUT2D eigenvalue weighted by atomic mass is 9.95. The standard InChI is InChI=1S/C15H26N2O4/c1-8(2)13(16-15(19)21-5)14(18)17-9(3)11-6-10(17)7-12(11)20-4/h8-13H,6-7H2,1-5H3,(H,16,19)/t9-,10+,11+,12-,13+/m1/s1. The zero-order valence-corrected chi connectivity index (χ0v) is 13.5. The molecule has 0 radical (unpaired) electrons. The summed E-state index contributed by atoms with van der Waals surface area (Å²) in [7, 11) is 3.04. The van der Waals surface area contributed by atoms with Crippen LogP contribution in [-0.2, 0) is 14.3 Å². The molecule has 5 atom stereocenters. The SMILES string of the molecule is COC(=O)N[C@H](C(=O)N1[C@H]2C[C@@H]([C@H]1C)[C@H](OC)C2)C(C)C. The molecule has 2 amide bonds. The van der Waals surface area contributed by atoms with E-state index in [0.29, 0.717) is 5.92 Å². The van der Waals surface area contributed by atoms with Gasteiger partial charge in [-0.2, -0.15) is 0 Å². The number of hydrogen-bond donors (Lipinski definition) is 1. The van der Waals surface area contributed by atoms with Gasteiger partial charge < -0.3 is 19.7 Å². The largest absolute Gasteiger partial charge is 0.453 e. The van der Waals surface area contributed by atoms with Crippen LogP contribution < -0.4 is 5.32 Å². The Morgan fingerprint density at radius 2 is 1.90 bits per heavy atom. The van der Waals surface area contributed by atoms with Crippen LogP contribution in [0.25, 0.3) is 0 Å². The molecule has 0 unspecified atom stereocenters. The fourth-order valence-electron chi connectivity index (χ4n) is 3.79. The number of hydrogen-bond acceptors (Lipinski definition) is 4. The monoisotopic (exact) mass is 298 g/mol. The normalized spacial score (nSPS) is 32.4. The van der Waals surface area contributed by atoms with E-state index in [1.165, 1.54) is 7.11 Å². The van der Waals surface area contributed by atoms with Crippen molar-refractivity contribution in [3.8, 4) is 0 Å². The number of likely N-dealkylation sites (tertiary alicyclic amines) is 1. The molecule has 2 bridgehead atoms. The summed E-state index contributed by atoms with van der Waals surface area (Å²) in [4.78, 5) is 26.3. The number of nitrogens with zero attached hydrogens (tertiary/aromatic N) is 1. The van der Waals surface area contributed by atoms with Crippen LogP contribution in [0.2, 0.25) is 0 Å². The third-order valence-electron chi connectivity index (χ3n) is 4.93. The van der Waals surface area contributed by atoms with E-state index in [9.17, 15) is 9.59 Å². The summed E-state index contributed by atoms with van der Waals surface area (Å²) in [5.74, 6) is 0.404. The van der Waals surface area contributed by atoms with Gasteiger partial charge >= 0.3 is 6.09 Å². The fourth-order valence-corrected chi connectivity index (χ4v) is 3.79. The van der Waals surface area contributed by atoms with Crippen LogP contribution >= 0.6 is 0 Å². The van der Waals surface area contributed by atoms with Gasteiger partial charge in [-0.1, -0.05) is 13.8 Å². The molecular weight excluding hydrogens is 272 g/mol. The molecule has 2 aliphatic rings. The van der Waals surface area contributed by atoms with Gasteiger partial charge in [0, 0.05) is 25.1 Å². The minimum atomic E-state index is -0.561. The Labute approximate surface area is 126 Å². The maximum Gasteiger partial charge on any atom is 0.407 e. The third kappa shape index (κ3) is 2.86. The van der Waals surface area contributed by atoms with E-state index >= 15 is 0 Å². The molecule has 0 spiro atoms. The minimum Gasteiger partial charge on any atom is -0.453 e. The van der Waals surface area contributed by atoms with Crippen molar-refractivity contribution in [3.63, 3.8) is 0 Å². The van der Waals surface area contributed by atoms with Crippen molar-refractivity contribution in [2.45, 2.75) is 57.8 Å². The Hall–Kier alpha value is -1.30. The molecule has 1 saturated carbocycles. The van der Waals surface area contributed by atoms with Gasteiger partial charge in [0.05, 0.1) is 13.2 Å². The molecule has 6 heteroatoms. The first-order chi connectivity index (χ1) is 9.90. The van der Waals surface area contributed by atoms with Crippen molar-refractivity contribution in [1.82, 2.24) is 10.2 Å². The number of fused-ring (bicyclic) bond motifs is 2. The molecule has 0 aromatic heterocycles. The number of piperidine rings is 1. The van der Waals surface area contributed by atoms with Crippen molar-refractivity contribution in [2.75, 3.05) is 14.2 Å². The minimum absolute atomic E-state index is 0.00930. The average molecular weight is 298 g/mol. The summed E-state index contributed by atoms with van der Waals surface area (Å²) >= 11 is 0. The van der Waals surface area contributed by atoms with Crippen LogP contribution in [0.5, 0.6) is 0 Å². The van der Waals surface area contributed by atoms with E-state index in [1.807, 2.05) is 18.7 Å². The van der Waals surface area contributed by atoms with Crippen LogP contribution in [0.15, 0.2) is 0 Å². The second-order valence-corrected chi connectivity index (χ2v) is 6.41. The molecule has 6 nitrogen and oxygen atoms in total. The van der Waals surface area contributed by atoms with Crippen LogP contribution in [0.4, 0.5) is 4.79 Å². The molecule has 1 N–H and O–H groups in total. The number of amides is 2.